The number of hydrogen-bond donors (Lipinski definition) is 1. The fraction of sp³-hybridized carbons (Fsp3) is 0.882. The van der Waals surface area contributed by atoms with Gasteiger partial charge in [-0.05, 0) is 51.0 Å². The van der Waals surface area contributed by atoms with Crippen LogP contribution in [-0.2, 0) is 6.42 Å². The third-order valence-corrected chi connectivity index (χ3v) is 4.77. The fourth-order valence-corrected chi connectivity index (χ4v) is 3.55. The summed E-state index contributed by atoms with van der Waals surface area (Å²) in [5.74, 6) is 3.53. The van der Waals surface area contributed by atoms with Gasteiger partial charge in [-0.3, -0.25) is 0 Å². The van der Waals surface area contributed by atoms with Gasteiger partial charge in [-0.1, -0.05) is 27.2 Å². The maximum Gasteiger partial charge on any atom is 0.138 e. The van der Waals surface area contributed by atoms with E-state index in [-0.39, 0.29) is 0 Å². The average Bonchev–Trinajstić information content (AvgIpc) is 2.86. The van der Waals surface area contributed by atoms with Crippen LogP contribution in [0, 0.1) is 17.8 Å². The van der Waals surface area contributed by atoms with Gasteiger partial charge in [0.05, 0.1) is 0 Å². The molecular formula is C17H32N4. The summed E-state index contributed by atoms with van der Waals surface area (Å²) in [7, 11) is 0. The SMILES string of the molecule is CC1CCC(CNC(C)C)C(Cc2ncnn2C(C)C)C1. The average molecular weight is 292 g/mol. The van der Waals surface area contributed by atoms with E-state index in [0.717, 1.165) is 30.7 Å². The zero-order chi connectivity index (χ0) is 15.4. The summed E-state index contributed by atoms with van der Waals surface area (Å²) in [6.07, 6.45) is 6.84. The first kappa shape index (κ1) is 16.5. The van der Waals surface area contributed by atoms with E-state index in [1.165, 1.54) is 25.1 Å². The van der Waals surface area contributed by atoms with Crippen molar-refractivity contribution in [3.63, 3.8) is 0 Å². The zero-order valence-electron chi connectivity index (χ0n) is 14.3. The van der Waals surface area contributed by atoms with Gasteiger partial charge in [0.1, 0.15) is 12.2 Å². The van der Waals surface area contributed by atoms with Gasteiger partial charge in [0.15, 0.2) is 0 Å². The first-order valence-corrected chi connectivity index (χ1v) is 8.59. The maximum atomic E-state index is 4.52. The summed E-state index contributed by atoms with van der Waals surface area (Å²) in [6.45, 7) is 12.4. The van der Waals surface area contributed by atoms with E-state index in [4.69, 9.17) is 0 Å². The van der Waals surface area contributed by atoms with E-state index in [1.54, 1.807) is 6.33 Å². The normalized spacial score (nSPS) is 26.7. The van der Waals surface area contributed by atoms with E-state index in [2.05, 4.69) is 54.7 Å². The van der Waals surface area contributed by atoms with E-state index in [1.807, 2.05) is 0 Å². The molecule has 0 aromatic carbocycles. The molecule has 1 heterocycles. The lowest BCUT2D eigenvalue weighted by Gasteiger charge is -2.35. The van der Waals surface area contributed by atoms with Crippen molar-refractivity contribution >= 4 is 0 Å². The van der Waals surface area contributed by atoms with Crippen molar-refractivity contribution in [1.29, 1.82) is 0 Å². The number of nitrogens with one attached hydrogen (secondary N) is 1. The second-order valence-corrected chi connectivity index (χ2v) is 7.42. The van der Waals surface area contributed by atoms with Crippen LogP contribution >= 0.6 is 0 Å². The van der Waals surface area contributed by atoms with Crippen LogP contribution in [0.4, 0.5) is 0 Å². The van der Waals surface area contributed by atoms with Crippen molar-refractivity contribution in [3.05, 3.63) is 12.2 Å². The summed E-state index contributed by atoms with van der Waals surface area (Å²) in [5, 5.41) is 8.02. The third kappa shape index (κ3) is 4.53. The molecule has 1 aliphatic rings. The maximum absolute atomic E-state index is 4.52. The minimum Gasteiger partial charge on any atom is -0.314 e. The molecule has 0 radical (unpaired) electrons. The molecule has 4 nitrogen and oxygen atoms in total. The lowest BCUT2D eigenvalue weighted by atomic mass is 9.73. The molecule has 1 saturated carbocycles. The molecule has 0 aliphatic heterocycles. The largest absolute Gasteiger partial charge is 0.314 e. The summed E-state index contributed by atoms with van der Waals surface area (Å²) >= 11 is 0. The van der Waals surface area contributed by atoms with Crippen LogP contribution < -0.4 is 5.32 Å². The Bertz CT molecular complexity index is 424. The molecule has 21 heavy (non-hydrogen) atoms. The van der Waals surface area contributed by atoms with Gasteiger partial charge in [-0.15, -0.1) is 0 Å². The van der Waals surface area contributed by atoms with E-state index in [0.29, 0.717) is 12.1 Å². The highest BCUT2D eigenvalue weighted by atomic mass is 15.3. The number of aromatic nitrogens is 3. The minimum absolute atomic E-state index is 0.399. The Morgan fingerprint density at radius 3 is 2.67 bits per heavy atom. The van der Waals surface area contributed by atoms with Crippen LogP contribution in [-0.4, -0.2) is 27.4 Å². The van der Waals surface area contributed by atoms with Crippen LogP contribution in [0.15, 0.2) is 6.33 Å². The monoisotopic (exact) mass is 292 g/mol. The molecule has 0 amide bonds. The van der Waals surface area contributed by atoms with Crippen molar-refractivity contribution < 1.29 is 0 Å². The predicted molar refractivity (Wildman–Crippen MR) is 87.2 cm³/mol. The van der Waals surface area contributed by atoms with Crippen molar-refractivity contribution in [2.24, 2.45) is 17.8 Å². The molecule has 1 aliphatic carbocycles. The molecule has 3 unspecified atom stereocenters. The predicted octanol–water partition coefficient (Wildman–Crippen LogP) is 3.45. The first-order chi connectivity index (χ1) is 9.97. The molecule has 0 bridgehead atoms. The molecule has 0 saturated heterocycles. The van der Waals surface area contributed by atoms with Crippen LogP contribution in [0.2, 0.25) is 0 Å². The van der Waals surface area contributed by atoms with Crippen LogP contribution in [0.25, 0.3) is 0 Å². The van der Waals surface area contributed by atoms with Gasteiger partial charge in [0.2, 0.25) is 0 Å². The molecule has 2 rings (SSSR count). The Morgan fingerprint density at radius 2 is 2.00 bits per heavy atom. The molecule has 0 spiro atoms. The van der Waals surface area contributed by atoms with Crippen LogP contribution in [0.3, 0.4) is 0 Å². The van der Waals surface area contributed by atoms with E-state index < -0.39 is 0 Å². The zero-order valence-corrected chi connectivity index (χ0v) is 14.3. The van der Waals surface area contributed by atoms with Crippen LogP contribution in [0.5, 0.6) is 0 Å². The first-order valence-electron chi connectivity index (χ1n) is 8.59. The third-order valence-electron chi connectivity index (χ3n) is 4.77. The topological polar surface area (TPSA) is 42.7 Å². The van der Waals surface area contributed by atoms with Crippen molar-refractivity contribution in [2.45, 2.75) is 72.4 Å². The summed E-state index contributed by atoms with van der Waals surface area (Å²) < 4.78 is 2.09. The lowest BCUT2D eigenvalue weighted by molar-refractivity contribution is 0.177. The van der Waals surface area contributed by atoms with Gasteiger partial charge in [0, 0.05) is 18.5 Å². The Kier molecular flexibility index (Phi) is 5.80. The fourth-order valence-electron chi connectivity index (χ4n) is 3.55. The Hall–Kier alpha value is -0.900. The Balaban J connectivity index is 2.03. The Labute approximate surface area is 129 Å². The van der Waals surface area contributed by atoms with Crippen molar-refractivity contribution in [2.75, 3.05) is 6.54 Å². The highest BCUT2D eigenvalue weighted by Gasteiger charge is 2.30. The molecule has 3 atom stereocenters. The van der Waals surface area contributed by atoms with Gasteiger partial charge >= 0.3 is 0 Å². The quantitative estimate of drug-likeness (QED) is 0.873. The van der Waals surface area contributed by atoms with Gasteiger partial charge < -0.3 is 5.32 Å². The molecule has 1 N–H and O–H groups in total. The van der Waals surface area contributed by atoms with Gasteiger partial charge in [-0.2, -0.15) is 5.10 Å². The molecule has 1 fully saturated rings. The highest BCUT2D eigenvalue weighted by molar-refractivity contribution is 4.93. The van der Waals surface area contributed by atoms with Gasteiger partial charge in [0.25, 0.3) is 0 Å². The number of nitrogens with zero attached hydrogens (tertiary/aromatic N) is 3. The van der Waals surface area contributed by atoms with Crippen LogP contribution in [0.1, 0.15) is 65.7 Å². The number of hydrogen-bond acceptors (Lipinski definition) is 3. The molecule has 1 aromatic heterocycles. The molecule has 4 heteroatoms. The van der Waals surface area contributed by atoms with E-state index in [9.17, 15) is 0 Å². The molecule has 120 valence electrons. The van der Waals surface area contributed by atoms with E-state index >= 15 is 0 Å². The smallest absolute Gasteiger partial charge is 0.138 e. The second kappa shape index (κ2) is 7.39. The highest BCUT2D eigenvalue weighted by Crippen LogP contribution is 2.35. The second-order valence-electron chi connectivity index (χ2n) is 7.42. The standard InChI is InChI=1S/C17H32N4/c1-12(2)18-10-15-7-6-14(5)8-16(15)9-17-19-11-20-21(17)13(3)4/h11-16,18H,6-10H2,1-5H3. The lowest BCUT2D eigenvalue weighted by Crippen LogP contribution is -2.36. The molecular weight excluding hydrogens is 260 g/mol. The minimum atomic E-state index is 0.399. The summed E-state index contributed by atoms with van der Waals surface area (Å²) in [6, 6.07) is 0.972. The molecule has 1 aromatic rings. The van der Waals surface area contributed by atoms with Crippen molar-refractivity contribution in [1.82, 2.24) is 20.1 Å². The Morgan fingerprint density at radius 1 is 1.24 bits per heavy atom. The summed E-state index contributed by atoms with van der Waals surface area (Å²) in [4.78, 5) is 4.52. The summed E-state index contributed by atoms with van der Waals surface area (Å²) in [5.41, 5.74) is 0. The number of rotatable bonds is 6. The van der Waals surface area contributed by atoms with Gasteiger partial charge in [-0.25, -0.2) is 9.67 Å². The van der Waals surface area contributed by atoms with Crippen molar-refractivity contribution in [3.8, 4) is 0 Å².